The fourth-order valence-electron chi connectivity index (χ4n) is 3.15. The third kappa shape index (κ3) is 2.84. The van der Waals surface area contributed by atoms with Crippen molar-refractivity contribution in [3.63, 3.8) is 0 Å². The van der Waals surface area contributed by atoms with Crippen LogP contribution in [0.5, 0.6) is 0 Å². The first-order chi connectivity index (χ1) is 10.00. The normalized spacial score (nSPS) is 20.4. The molecule has 1 aromatic carbocycles. The Morgan fingerprint density at radius 2 is 2.24 bits per heavy atom. The predicted octanol–water partition coefficient (Wildman–Crippen LogP) is 1.98. The molecule has 0 saturated carbocycles. The van der Waals surface area contributed by atoms with E-state index in [1.165, 1.54) is 19.0 Å². The average Bonchev–Trinajstić information content (AvgIpc) is 3.04. The smallest absolute Gasteiger partial charge is 0.215 e. The van der Waals surface area contributed by atoms with E-state index in [1.807, 2.05) is 18.2 Å². The molecule has 1 aliphatic heterocycles. The number of hydrogen-bond acceptors (Lipinski definition) is 3. The number of fused-ring (bicyclic) bond motifs is 1. The van der Waals surface area contributed by atoms with Gasteiger partial charge in [-0.2, -0.15) is 0 Å². The lowest BCUT2D eigenvalue weighted by atomic mass is 10.0. The summed E-state index contributed by atoms with van der Waals surface area (Å²) >= 11 is 0. The number of hydrogen-bond donors (Lipinski definition) is 2. The Kier molecular flexibility index (Phi) is 3.77. The van der Waals surface area contributed by atoms with Gasteiger partial charge in [-0.15, -0.1) is 0 Å². The van der Waals surface area contributed by atoms with Crippen LogP contribution in [0.3, 0.4) is 0 Å². The Labute approximate surface area is 125 Å². The van der Waals surface area contributed by atoms with Crippen LogP contribution in [0.1, 0.15) is 30.0 Å². The van der Waals surface area contributed by atoms with Crippen LogP contribution in [0.2, 0.25) is 0 Å². The summed E-state index contributed by atoms with van der Waals surface area (Å²) in [5.41, 5.74) is 3.16. The number of sulfonamides is 1. The summed E-state index contributed by atoms with van der Waals surface area (Å²) in [7, 11) is 0.355. The molecular formula is C15H21N3O2S. The van der Waals surface area contributed by atoms with E-state index in [0.29, 0.717) is 6.04 Å². The molecule has 1 saturated heterocycles. The maximum absolute atomic E-state index is 11.7. The number of benzene rings is 1. The molecule has 114 valence electrons. The van der Waals surface area contributed by atoms with Gasteiger partial charge in [0.25, 0.3) is 0 Å². The first-order valence-electron chi connectivity index (χ1n) is 7.21. The molecule has 1 aromatic heterocycles. The number of H-pyrrole nitrogens is 1. The van der Waals surface area contributed by atoms with Crippen molar-refractivity contribution < 1.29 is 8.42 Å². The van der Waals surface area contributed by atoms with Gasteiger partial charge in [-0.3, -0.25) is 4.90 Å². The standard InChI is InChI=1S/C15H21N3O2S/c1-16-21(19,20)10-11-5-6-14-12(8-11)13(9-17-14)15-4-3-7-18(15)2/h5-6,8-9,15-17H,3-4,7,10H2,1-2H3/t15-/m1/s1. The highest BCUT2D eigenvalue weighted by Gasteiger charge is 2.25. The van der Waals surface area contributed by atoms with Crippen LogP contribution in [0.25, 0.3) is 10.9 Å². The van der Waals surface area contributed by atoms with E-state index in [2.05, 4.69) is 27.9 Å². The fourth-order valence-corrected chi connectivity index (χ4v) is 3.91. The minimum Gasteiger partial charge on any atom is -0.361 e. The minimum atomic E-state index is -3.24. The van der Waals surface area contributed by atoms with Crippen LogP contribution in [-0.2, 0) is 15.8 Å². The number of nitrogens with one attached hydrogen (secondary N) is 2. The highest BCUT2D eigenvalue weighted by Crippen LogP contribution is 2.35. The van der Waals surface area contributed by atoms with Gasteiger partial charge in [0.2, 0.25) is 10.0 Å². The number of likely N-dealkylation sites (tertiary alicyclic amines) is 1. The molecule has 0 spiro atoms. The minimum absolute atomic E-state index is 0.0184. The summed E-state index contributed by atoms with van der Waals surface area (Å²) in [5, 5.41) is 1.14. The molecule has 2 aromatic rings. The van der Waals surface area contributed by atoms with E-state index < -0.39 is 10.0 Å². The number of aromatic amines is 1. The molecule has 2 N–H and O–H groups in total. The van der Waals surface area contributed by atoms with Gasteiger partial charge in [0.05, 0.1) is 5.75 Å². The summed E-state index contributed by atoms with van der Waals surface area (Å²) in [6.45, 7) is 1.12. The largest absolute Gasteiger partial charge is 0.361 e. The van der Waals surface area contributed by atoms with Gasteiger partial charge in [-0.05, 0) is 56.7 Å². The lowest BCUT2D eigenvalue weighted by Crippen LogP contribution is -2.20. The summed E-state index contributed by atoms with van der Waals surface area (Å²) in [6.07, 6.45) is 4.43. The van der Waals surface area contributed by atoms with E-state index in [9.17, 15) is 8.42 Å². The fraction of sp³-hybridized carbons (Fsp3) is 0.467. The molecule has 0 unspecified atom stereocenters. The molecule has 1 aliphatic rings. The van der Waals surface area contributed by atoms with Crippen molar-refractivity contribution in [2.75, 3.05) is 20.6 Å². The maximum atomic E-state index is 11.7. The summed E-state index contributed by atoms with van der Waals surface area (Å²) in [6, 6.07) is 6.27. The molecule has 0 radical (unpaired) electrons. The van der Waals surface area contributed by atoms with Crippen LogP contribution in [-0.4, -0.2) is 38.9 Å². The maximum Gasteiger partial charge on any atom is 0.215 e. The Morgan fingerprint density at radius 3 is 2.90 bits per heavy atom. The SMILES string of the molecule is CNS(=O)(=O)Cc1ccc2[nH]cc([C@H]3CCCN3C)c2c1. The molecule has 0 bridgehead atoms. The van der Waals surface area contributed by atoms with Crippen molar-refractivity contribution in [1.82, 2.24) is 14.6 Å². The Morgan fingerprint density at radius 1 is 1.43 bits per heavy atom. The van der Waals surface area contributed by atoms with Gasteiger partial charge in [0.1, 0.15) is 0 Å². The molecule has 6 heteroatoms. The van der Waals surface area contributed by atoms with E-state index in [0.717, 1.165) is 29.4 Å². The van der Waals surface area contributed by atoms with Crippen molar-refractivity contribution in [3.8, 4) is 0 Å². The molecule has 0 aliphatic carbocycles. The van der Waals surface area contributed by atoms with Crippen LogP contribution in [0.15, 0.2) is 24.4 Å². The highest BCUT2D eigenvalue weighted by atomic mass is 32.2. The predicted molar refractivity (Wildman–Crippen MR) is 84.6 cm³/mol. The second-order valence-corrected chi connectivity index (χ2v) is 7.65. The Hall–Kier alpha value is -1.37. The molecule has 5 nitrogen and oxygen atoms in total. The number of rotatable bonds is 4. The zero-order chi connectivity index (χ0) is 15.0. The van der Waals surface area contributed by atoms with Gasteiger partial charge >= 0.3 is 0 Å². The van der Waals surface area contributed by atoms with Gasteiger partial charge in [-0.1, -0.05) is 6.07 Å². The van der Waals surface area contributed by atoms with E-state index in [4.69, 9.17) is 0 Å². The second-order valence-electron chi connectivity index (χ2n) is 5.73. The molecule has 1 atom stereocenters. The molecular weight excluding hydrogens is 286 g/mol. The average molecular weight is 307 g/mol. The van der Waals surface area contributed by atoms with Gasteiger partial charge in [0, 0.05) is 23.1 Å². The monoisotopic (exact) mass is 307 g/mol. The van der Waals surface area contributed by atoms with Crippen molar-refractivity contribution in [1.29, 1.82) is 0 Å². The third-order valence-corrected chi connectivity index (χ3v) is 5.66. The van der Waals surface area contributed by atoms with Gasteiger partial charge < -0.3 is 4.98 Å². The van der Waals surface area contributed by atoms with E-state index >= 15 is 0 Å². The Bertz CT molecular complexity index is 751. The number of aromatic nitrogens is 1. The first kappa shape index (κ1) is 14.6. The van der Waals surface area contributed by atoms with Crippen molar-refractivity contribution in [3.05, 3.63) is 35.5 Å². The van der Waals surface area contributed by atoms with Crippen molar-refractivity contribution in [2.24, 2.45) is 0 Å². The lowest BCUT2D eigenvalue weighted by molar-refractivity contribution is 0.319. The number of nitrogens with zero attached hydrogens (tertiary/aromatic N) is 1. The van der Waals surface area contributed by atoms with Crippen molar-refractivity contribution in [2.45, 2.75) is 24.6 Å². The summed E-state index contributed by atoms with van der Waals surface area (Å²) < 4.78 is 25.8. The first-order valence-corrected chi connectivity index (χ1v) is 8.87. The lowest BCUT2D eigenvalue weighted by Gasteiger charge is -2.18. The Balaban J connectivity index is 2.00. The molecule has 0 amide bonds. The van der Waals surface area contributed by atoms with E-state index in [-0.39, 0.29) is 5.75 Å². The van der Waals surface area contributed by atoms with Gasteiger partial charge in [-0.25, -0.2) is 13.1 Å². The summed E-state index contributed by atoms with van der Waals surface area (Å²) in [4.78, 5) is 5.66. The van der Waals surface area contributed by atoms with Crippen LogP contribution in [0, 0.1) is 0 Å². The van der Waals surface area contributed by atoms with Crippen LogP contribution >= 0.6 is 0 Å². The molecule has 3 rings (SSSR count). The third-order valence-electron chi connectivity index (χ3n) is 4.33. The second kappa shape index (κ2) is 5.44. The summed E-state index contributed by atoms with van der Waals surface area (Å²) in [5.74, 6) is 0.0184. The quantitative estimate of drug-likeness (QED) is 0.908. The molecule has 21 heavy (non-hydrogen) atoms. The molecule has 1 fully saturated rings. The van der Waals surface area contributed by atoms with Crippen LogP contribution in [0.4, 0.5) is 0 Å². The zero-order valence-corrected chi connectivity index (χ0v) is 13.2. The topological polar surface area (TPSA) is 65.2 Å². The zero-order valence-electron chi connectivity index (χ0n) is 12.4. The van der Waals surface area contributed by atoms with E-state index in [1.54, 1.807) is 0 Å². The molecule has 2 heterocycles. The highest BCUT2D eigenvalue weighted by molar-refractivity contribution is 7.88. The van der Waals surface area contributed by atoms with Crippen molar-refractivity contribution >= 4 is 20.9 Å². The van der Waals surface area contributed by atoms with Gasteiger partial charge in [0.15, 0.2) is 0 Å². The van der Waals surface area contributed by atoms with Crippen LogP contribution < -0.4 is 4.72 Å².